The van der Waals surface area contributed by atoms with Crippen LogP contribution in [-0.4, -0.2) is 0 Å². The number of ether oxygens (including phenoxy) is 2. The molecule has 0 saturated heterocycles. The molecule has 4 N–H and O–H groups in total. The van der Waals surface area contributed by atoms with Gasteiger partial charge in [0.25, 0.3) is 0 Å². The minimum absolute atomic E-state index is 0.453. The van der Waals surface area contributed by atoms with E-state index in [9.17, 15) is 0 Å². The van der Waals surface area contributed by atoms with Gasteiger partial charge in [0.15, 0.2) is 0 Å². The lowest BCUT2D eigenvalue weighted by atomic mass is 9.93. The van der Waals surface area contributed by atoms with Gasteiger partial charge >= 0.3 is 0 Å². The van der Waals surface area contributed by atoms with Gasteiger partial charge in [-0.1, -0.05) is 13.8 Å². The Morgan fingerprint density at radius 2 is 1.04 bits per heavy atom. The molecule has 27 heavy (non-hydrogen) atoms. The molecule has 3 aromatic rings. The summed E-state index contributed by atoms with van der Waals surface area (Å²) in [7, 11) is 0. The summed E-state index contributed by atoms with van der Waals surface area (Å²) in [5.41, 5.74) is 14.1. The van der Waals surface area contributed by atoms with Crippen molar-refractivity contribution in [2.24, 2.45) is 0 Å². The van der Waals surface area contributed by atoms with Crippen LogP contribution in [0, 0.1) is 0 Å². The fourth-order valence-corrected chi connectivity index (χ4v) is 3.05. The Labute approximate surface area is 160 Å². The molecule has 0 spiro atoms. The van der Waals surface area contributed by atoms with Crippen LogP contribution in [0.5, 0.6) is 23.0 Å². The SMILES string of the molecule is CCC(CC)c1cc(Oc2ccc(N)cc2)cc(Oc2ccc(N)cc2)c1. The van der Waals surface area contributed by atoms with Gasteiger partial charge in [-0.05, 0) is 85.0 Å². The topological polar surface area (TPSA) is 70.5 Å². The van der Waals surface area contributed by atoms with E-state index >= 15 is 0 Å². The summed E-state index contributed by atoms with van der Waals surface area (Å²) < 4.78 is 12.1. The molecule has 0 heterocycles. The van der Waals surface area contributed by atoms with Gasteiger partial charge in [0.1, 0.15) is 23.0 Å². The normalized spacial score (nSPS) is 10.8. The van der Waals surface area contributed by atoms with Gasteiger partial charge in [-0.3, -0.25) is 0 Å². The van der Waals surface area contributed by atoms with E-state index in [2.05, 4.69) is 26.0 Å². The third-order valence-electron chi connectivity index (χ3n) is 4.59. The molecule has 0 fully saturated rings. The Kier molecular flexibility index (Phi) is 5.87. The zero-order chi connectivity index (χ0) is 19.2. The number of hydrogen-bond acceptors (Lipinski definition) is 4. The van der Waals surface area contributed by atoms with E-state index in [1.54, 1.807) is 0 Å². The van der Waals surface area contributed by atoms with Crippen LogP contribution in [0.15, 0.2) is 66.7 Å². The van der Waals surface area contributed by atoms with Crippen molar-refractivity contribution in [2.45, 2.75) is 32.6 Å². The number of nitrogens with two attached hydrogens (primary N) is 2. The zero-order valence-electron chi connectivity index (χ0n) is 15.8. The van der Waals surface area contributed by atoms with Gasteiger partial charge < -0.3 is 20.9 Å². The van der Waals surface area contributed by atoms with Crippen molar-refractivity contribution in [3.8, 4) is 23.0 Å². The average Bonchev–Trinajstić information content (AvgIpc) is 2.66. The second-order valence-electron chi connectivity index (χ2n) is 6.59. The third kappa shape index (κ3) is 4.94. The van der Waals surface area contributed by atoms with E-state index in [0.717, 1.165) is 35.8 Å². The molecule has 3 aromatic carbocycles. The summed E-state index contributed by atoms with van der Waals surface area (Å²) in [6.07, 6.45) is 2.12. The summed E-state index contributed by atoms with van der Waals surface area (Å²) in [6.45, 7) is 4.39. The number of anilines is 2. The molecule has 0 radical (unpaired) electrons. The van der Waals surface area contributed by atoms with E-state index in [-0.39, 0.29) is 0 Å². The smallest absolute Gasteiger partial charge is 0.131 e. The van der Waals surface area contributed by atoms with E-state index in [1.165, 1.54) is 5.56 Å². The minimum Gasteiger partial charge on any atom is -0.457 e. The second kappa shape index (κ2) is 8.49. The van der Waals surface area contributed by atoms with Crippen molar-refractivity contribution in [3.05, 3.63) is 72.3 Å². The van der Waals surface area contributed by atoms with Crippen molar-refractivity contribution >= 4 is 11.4 Å². The van der Waals surface area contributed by atoms with Crippen molar-refractivity contribution in [2.75, 3.05) is 11.5 Å². The molecule has 0 aliphatic rings. The van der Waals surface area contributed by atoms with E-state index < -0.39 is 0 Å². The maximum atomic E-state index is 6.06. The summed E-state index contributed by atoms with van der Waals surface area (Å²) in [4.78, 5) is 0. The number of benzene rings is 3. The van der Waals surface area contributed by atoms with E-state index in [0.29, 0.717) is 17.3 Å². The highest BCUT2D eigenvalue weighted by molar-refractivity contribution is 5.47. The Morgan fingerprint density at radius 1 is 0.630 bits per heavy atom. The molecule has 0 aliphatic carbocycles. The van der Waals surface area contributed by atoms with Crippen molar-refractivity contribution < 1.29 is 9.47 Å². The van der Waals surface area contributed by atoms with Gasteiger partial charge in [0.05, 0.1) is 0 Å². The lowest BCUT2D eigenvalue weighted by Gasteiger charge is -2.17. The molecule has 3 rings (SSSR count). The summed E-state index contributed by atoms with van der Waals surface area (Å²) in [5, 5.41) is 0. The average molecular weight is 362 g/mol. The number of hydrogen-bond donors (Lipinski definition) is 2. The molecular weight excluding hydrogens is 336 g/mol. The first-order valence-corrected chi connectivity index (χ1v) is 9.29. The zero-order valence-corrected chi connectivity index (χ0v) is 15.8. The molecule has 0 unspecified atom stereocenters. The first-order valence-electron chi connectivity index (χ1n) is 9.29. The number of rotatable bonds is 7. The van der Waals surface area contributed by atoms with Gasteiger partial charge in [-0.15, -0.1) is 0 Å². The van der Waals surface area contributed by atoms with Gasteiger partial charge in [-0.2, -0.15) is 0 Å². The minimum atomic E-state index is 0.453. The van der Waals surface area contributed by atoms with Crippen LogP contribution in [0.25, 0.3) is 0 Å². The summed E-state index contributed by atoms with van der Waals surface area (Å²) >= 11 is 0. The molecule has 0 bridgehead atoms. The largest absolute Gasteiger partial charge is 0.457 e. The molecule has 4 nitrogen and oxygen atoms in total. The Balaban J connectivity index is 1.92. The van der Waals surface area contributed by atoms with Crippen LogP contribution in [0.2, 0.25) is 0 Å². The highest BCUT2D eigenvalue weighted by Crippen LogP contribution is 2.35. The molecule has 0 amide bonds. The van der Waals surface area contributed by atoms with E-state index in [4.69, 9.17) is 20.9 Å². The monoisotopic (exact) mass is 362 g/mol. The maximum absolute atomic E-state index is 6.06. The Hall–Kier alpha value is -3.14. The van der Waals surface area contributed by atoms with Gasteiger partial charge in [0.2, 0.25) is 0 Å². The van der Waals surface area contributed by atoms with Crippen LogP contribution in [0.3, 0.4) is 0 Å². The molecule has 0 aromatic heterocycles. The van der Waals surface area contributed by atoms with Crippen molar-refractivity contribution in [1.29, 1.82) is 0 Å². The van der Waals surface area contributed by atoms with Gasteiger partial charge in [-0.25, -0.2) is 0 Å². The number of nitrogen functional groups attached to an aromatic ring is 2. The fourth-order valence-electron chi connectivity index (χ4n) is 3.05. The highest BCUT2D eigenvalue weighted by Gasteiger charge is 2.12. The molecule has 0 atom stereocenters. The first-order chi connectivity index (χ1) is 13.1. The molecule has 0 aliphatic heterocycles. The molecule has 4 heteroatoms. The Bertz CT molecular complexity index is 804. The van der Waals surface area contributed by atoms with Crippen molar-refractivity contribution in [3.63, 3.8) is 0 Å². The fraction of sp³-hybridized carbons (Fsp3) is 0.217. The summed E-state index contributed by atoms with van der Waals surface area (Å²) in [6, 6.07) is 20.8. The maximum Gasteiger partial charge on any atom is 0.131 e. The van der Waals surface area contributed by atoms with Crippen molar-refractivity contribution in [1.82, 2.24) is 0 Å². The van der Waals surface area contributed by atoms with Crippen LogP contribution < -0.4 is 20.9 Å². The van der Waals surface area contributed by atoms with Crippen LogP contribution >= 0.6 is 0 Å². The summed E-state index contributed by atoms with van der Waals surface area (Å²) in [5.74, 6) is 3.42. The quantitative estimate of drug-likeness (QED) is 0.481. The third-order valence-corrected chi connectivity index (χ3v) is 4.59. The van der Waals surface area contributed by atoms with E-state index in [1.807, 2.05) is 54.6 Å². The lowest BCUT2D eigenvalue weighted by molar-refractivity contribution is 0.457. The van der Waals surface area contributed by atoms with Crippen LogP contribution in [0.1, 0.15) is 38.2 Å². The highest BCUT2D eigenvalue weighted by atomic mass is 16.5. The molecule has 140 valence electrons. The predicted molar refractivity (Wildman–Crippen MR) is 112 cm³/mol. The molecule has 0 saturated carbocycles. The lowest BCUT2D eigenvalue weighted by Crippen LogP contribution is -1.98. The Morgan fingerprint density at radius 3 is 1.41 bits per heavy atom. The van der Waals surface area contributed by atoms with Gasteiger partial charge in [0, 0.05) is 17.4 Å². The first kappa shape index (κ1) is 18.6. The standard InChI is InChI=1S/C23H26N2O2/c1-3-16(4-2)17-13-22(26-20-9-5-18(24)6-10-20)15-23(14-17)27-21-11-7-19(25)8-12-21/h5-16H,3-4,24-25H2,1-2H3. The predicted octanol–water partition coefficient (Wildman–Crippen LogP) is 6.34. The van der Waals surface area contributed by atoms with Crippen LogP contribution in [-0.2, 0) is 0 Å². The van der Waals surface area contributed by atoms with Crippen LogP contribution in [0.4, 0.5) is 11.4 Å². The second-order valence-corrected chi connectivity index (χ2v) is 6.59. The molecular formula is C23H26N2O2.